The zero-order valence-electron chi connectivity index (χ0n) is 19.3. The maximum atomic E-state index is 13.1. The van der Waals surface area contributed by atoms with Crippen molar-refractivity contribution in [1.29, 1.82) is 0 Å². The Bertz CT molecular complexity index is 1190. The van der Waals surface area contributed by atoms with E-state index in [0.29, 0.717) is 36.1 Å². The smallest absolute Gasteiger partial charge is 0.417 e. The van der Waals surface area contributed by atoms with Crippen molar-refractivity contribution in [2.75, 3.05) is 26.2 Å². The molecular formula is C26H27F3N4O2. The number of benzene rings is 1. The number of carbonyl (C=O) groups excluding carboxylic acids is 1. The molecule has 9 heteroatoms. The van der Waals surface area contributed by atoms with Gasteiger partial charge in [0.25, 0.3) is 5.91 Å². The summed E-state index contributed by atoms with van der Waals surface area (Å²) >= 11 is 0. The molecule has 6 nitrogen and oxygen atoms in total. The maximum absolute atomic E-state index is 13.1. The van der Waals surface area contributed by atoms with E-state index in [1.54, 1.807) is 30.3 Å². The fourth-order valence-corrected chi connectivity index (χ4v) is 4.91. The highest BCUT2D eigenvalue weighted by atomic mass is 19.4. The van der Waals surface area contributed by atoms with Gasteiger partial charge in [-0.2, -0.15) is 13.2 Å². The Balaban J connectivity index is 1.23. The zero-order chi connectivity index (χ0) is 24.4. The van der Waals surface area contributed by atoms with Crippen molar-refractivity contribution in [1.82, 2.24) is 19.8 Å². The second-order valence-electron chi connectivity index (χ2n) is 9.16. The van der Waals surface area contributed by atoms with E-state index in [9.17, 15) is 18.0 Å². The lowest BCUT2D eigenvalue weighted by Crippen LogP contribution is -2.52. The minimum Gasteiger partial charge on any atom is -0.439 e. The molecule has 184 valence electrons. The van der Waals surface area contributed by atoms with Crippen molar-refractivity contribution in [2.24, 2.45) is 0 Å². The summed E-state index contributed by atoms with van der Waals surface area (Å²) in [7, 11) is 0. The number of nitrogens with zero attached hydrogens (tertiary/aromatic N) is 4. The highest BCUT2D eigenvalue weighted by molar-refractivity contribution is 5.95. The Morgan fingerprint density at radius 3 is 2.40 bits per heavy atom. The standard InChI is InChI=1S/C26H27F3N4O2/c27-26(28,29)19-7-11-24(30-17-19)35-21-8-10-22-18(16-21)6-9-23(31-22)25(34)33-14-12-32(13-15-33)20-4-2-1-3-5-20/h6-11,16-17,20H,1-5,12-15H2. The molecule has 35 heavy (non-hydrogen) atoms. The lowest BCUT2D eigenvalue weighted by molar-refractivity contribution is -0.137. The van der Waals surface area contributed by atoms with Crippen molar-refractivity contribution in [3.63, 3.8) is 0 Å². The third kappa shape index (κ3) is 5.40. The highest BCUT2D eigenvalue weighted by Crippen LogP contribution is 2.31. The average Bonchev–Trinajstić information content (AvgIpc) is 2.88. The lowest BCUT2D eigenvalue weighted by Gasteiger charge is -2.40. The SMILES string of the molecule is O=C(c1ccc2cc(Oc3ccc(C(F)(F)F)cn3)ccc2n1)N1CCN(C2CCCCC2)CC1. The van der Waals surface area contributed by atoms with Crippen LogP contribution in [0.2, 0.25) is 0 Å². The summed E-state index contributed by atoms with van der Waals surface area (Å²) in [5, 5.41) is 0.757. The fourth-order valence-electron chi connectivity index (χ4n) is 4.91. The largest absolute Gasteiger partial charge is 0.439 e. The maximum Gasteiger partial charge on any atom is 0.417 e. The monoisotopic (exact) mass is 484 g/mol. The predicted molar refractivity (Wildman–Crippen MR) is 125 cm³/mol. The van der Waals surface area contributed by atoms with Crippen molar-refractivity contribution < 1.29 is 22.7 Å². The minimum absolute atomic E-state index is 0.0597. The molecule has 1 aliphatic carbocycles. The minimum atomic E-state index is -4.45. The number of rotatable bonds is 4. The van der Waals surface area contributed by atoms with Crippen LogP contribution < -0.4 is 4.74 Å². The van der Waals surface area contributed by atoms with Gasteiger partial charge in [-0.3, -0.25) is 9.69 Å². The molecule has 2 fully saturated rings. The summed E-state index contributed by atoms with van der Waals surface area (Å²) < 4.78 is 43.7. The van der Waals surface area contributed by atoms with Gasteiger partial charge < -0.3 is 9.64 Å². The van der Waals surface area contributed by atoms with Crippen LogP contribution in [0.3, 0.4) is 0 Å². The summed E-state index contributed by atoms with van der Waals surface area (Å²) in [5.74, 6) is 0.415. The van der Waals surface area contributed by atoms with E-state index in [0.717, 1.165) is 30.7 Å². The number of hydrogen-bond donors (Lipinski definition) is 0. The lowest BCUT2D eigenvalue weighted by atomic mass is 9.94. The van der Waals surface area contributed by atoms with E-state index < -0.39 is 11.7 Å². The number of carbonyl (C=O) groups is 1. The Labute approximate surface area is 201 Å². The Morgan fingerprint density at radius 1 is 0.943 bits per heavy atom. The Kier molecular flexibility index (Phi) is 6.60. The van der Waals surface area contributed by atoms with E-state index in [4.69, 9.17) is 4.74 Å². The number of amides is 1. The van der Waals surface area contributed by atoms with E-state index in [-0.39, 0.29) is 11.8 Å². The van der Waals surface area contributed by atoms with Crippen molar-refractivity contribution in [3.8, 4) is 11.6 Å². The molecule has 2 aromatic heterocycles. The van der Waals surface area contributed by atoms with Gasteiger partial charge in [0.15, 0.2) is 0 Å². The zero-order valence-corrected chi connectivity index (χ0v) is 19.3. The van der Waals surface area contributed by atoms with E-state index >= 15 is 0 Å². The van der Waals surface area contributed by atoms with Gasteiger partial charge in [-0.1, -0.05) is 25.3 Å². The average molecular weight is 485 g/mol. The van der Waals surface area contributed by atoms with E-state index in [1.807, 2.05) is 4.90 Å². The molecule has 1 saturated carbocycles. The summed E-state index contributed by atoms with van der Waals surface area (Å²) in [6, 6.07) is 11.4. The number of piperazine rings is 1. The van der Waals surface area contributed by atoms with Gasteiger partial charge in [-0.15, -0.1) is 0 Å². The van der Waals surface area contributed by atoms with Crippen LogP contribution in [0.4, 0.5) is 13.2 Å². The number of alkyl halides is 3. The molecule has 0 radical (unpaired) electrons. The predicted octanol–water partition coefficient (Wildman–Crippen LogP) is 5.53. The first-order chi connectivity index (χ1) is 16.9. The molecule has 1 saturated heterocycles. The topological polar surface area (TPSA) is 58.6 Å². The van der Waals surface area contributed by atoms with Crippen LogP contribution in [0.25, 0.3) is 10.9 Å². The van der Waals surface area contributed by atoms with Gasteiger partial charge in [0.2, 0.25) is 5.88 Å². The summed E-state index contributed by atoms with van der Waals surface area (Å²) in [6.07, 6.45) is 2.77. The van der Waals surface area contributed by atoms with Crippen LogP contribution in [-0.2, 0) is 6.18 Å². The van der Waals surface area contributed by atoms with Crippen LogP contribution >= 0.6 is 0 Å². The van der Waals surface area contributed by atoms with Gasteiger partial charge in [0, 0.05) is 49.9 Å². The Morgan fingerprint density at radius 2 is 1.71 bits per heavy atom. The molecule has 5 rings (SSSR count). The number of halogens is 3. The number of ether oxygens (including phenoxy) is 1. The first-order valence-electron chi connectivity index (χ1n) is 12.0. The first kappa shape index (κ1) is 23.5. The van der Waals surface area contributed by atoms with E-state index in [2.05, 4.69) is 14.9 Å². The van der Waals surface area contributed by atoms with Crippen molar-refractivity contribution in [3.05, 3.63) is 59.9 Å². The van der Waals surface area contributed by atoms with Gasteiger partial charge in [-0.05, 0) is 43.2 Å². The summed E-state index contributed by atoms with van der Waals surface area (Å²) in [6.45, 7) is 3.23. The van der Waals surface area contributed by atoms with Gasteiger partial charge in [-0.25, -0.2) is 9.97 Å². The molecule has 1 amide bonds. The summed E-state index contributed by atoms with van der Waals surface area (Å²) in [4.78, 5) is 25.8. The fraction of sp³-hybridized carbons (Fsp3) is 0.423. The molecule has 3 heterocycles. The van der Waals surface area contributed by atoms with Crippen LogP contribution in [0.15, 0.2) is 48.7 Å². The van der Waals surface area contributed by atoms with Crippen LogP contribution in [0.1, 0.15) is 48.2 Å². The van der Waals surface area contributed by atoms with Crippen LogP contribution in [-0.4, -0.2) is 57.9 Å². The van der Waals surface area contributed by atoms with Gasteiger partial charge >= 0.3 is 6.18 Å². The number of pyridine rings is 2. The molecule has 0 bridgehead atoms. The molecule has 2 aliphatic rings. The van der Waals surface area contributed by atoms with Crippen molar-refractivity contribution >= 4 is 16.8 Å². The van der Waals surface area contributed by atoms with Gasteiger partial charge in [0.1, 0.15) is 11.4 Å². The second kappa shape index (κ2) is 9.81. The highest BCUT2D eigenvalue weighted by Gasteiger charge is 2.31. The van der Waals surface area contributed by atoms with E-state index in [1.165, 1.54) is 38.2 Å². The first-order valence-corrected chi connectivity index (χ1v) is 12.0. The van der Waals surface area contributed by atoms with Crippen LogP contribution in [0.5, 0.6) is 11.6 Å². The van der Waals surface area contributed by atoms with Crippen LogP contribution in [0, 0.1) is 0 Å². The quantitative estimate of drug-likeness (QED) is 0.487. The molecular weight excluding hydrogens is 457 g/mol. The van der Waals surface area contributed by atoms with Crippen molar-refractivity contribution in [2.45, 2.75) is 44.3 Å². The number of aromatic nitrogens is 2. The Hall–Kier alpha value is -3.20. The molecule has 1 aromatic carbocycles. The number of fused-ring (bicyclic) bond motifs is 1. The third-order valence-corrected chi connectivity index (χ3v) is 6.86. The number of hydrogen-bond acceptors (Lipinski definition) is 5. The molecule has 3 aromatic rings. The summed E-state index contributed by atoms with van der Waals surface area (Å²) in [5.41, 5.74) is 0.214. The normalized spacial score (nSPS) is 18.1. The molecule has 0 unspecified atom stereocenters. The molecule has 0 atom stereocenters. The third-order valence-electron chi connectivity index (χ3n) is 6.86. The molecule has 1 aliphatic heterocycles. The molecule has 0 N–H and O–H groups in total. The molecule has 0 spiro atoms. The second-order valence-corrected chi connectivity index (χ2v) is 9.16. The van der Waals surface area contributed by atoms with Gasteiger partial charge in [0.05, 0.1) is 11.1 Å².